The van der Waals surface area contributed by atoms with Crippen molar-refractivity contribution in [3.8, 4) is 16.8 Å². The van der Waals surface area contributed by atoms with Gasteiger partial charge in [-0.25, -0.2) is 0 Å². The van der Waals surface area contributed by atoms with Crippen molar-refractivity contribution in [3.05, 3.63) is 155 Å². The molecule has 1 unspecified atom stereocenters. The molecule has 5 heteroatoms. The molecule has 10 rings (SSSR count). The highest BCUT2D eigenvalue weighted by atomic mass is 19.4. The number of benzene rings is 7. The summed E-state index contributed by atoms with van der Waals surface area (Å²) in [6.45, 7) is 4.30. The van der Waals surface area contributed by atoms with Gasteiger partial charge in [0.15, 0.2) is 0 Å². The van der Waals surface area contributed by atoms with Crippen molar-refractivity contribution < 1.29 is 13.2 Å². The van der Waals surface area contributed by atoms with Crippen molar-refractivity contribution >= 4 is 54.3 Å². The average molecular weight is 629 g/mol. The lowest BCUT2D eigenvalue weighted by molar-refractivity contribution is -0.137. The minimum atomic E-state index is -4.44. The molecule has 0 saturated heterocycles. The lowest BCUT2D eigenvalue weighted by Crippen LogP contribution is -2.06. The van der Waals surface area contributed by atoms with Gasteiger partial charge >= 0.3 is 6.18 Å². The van der Waals surface area contributed by atoms with Crippen LogP contribution in [-0.2, 0) is 6.18 Å². The molecule has 0 bridgehead atoms. The molecule has 2 nitrogen and oxygen atoms in total. The van der Waals surface area contributed by atoms with Crippen LogP contribution in [0.15, 0.2) is 121 Å². The van der Waals surface area contributed by atoms with E-state index in [1.807, 2.05) is 16.7 Å². The smallest absolute Gasteiger partial charge is 0.308 e. The molecular weight excluding hydrogens is 601 g/mol. The highest BCUT2D eigenvalue weighted by Crippen LogP contribution is 2.54. The molecule has 0 spiro atoms. The van der Waals surface area contributed by atoms with E-state index in [-0.39, 0.29) is 5.92 Å². The van der Waals surface area contributed by atoms with Gasteiger partial charge in [0.25, 0.3) is 0 Å². The van der Waals surface area contributed by atoms with E-state index < -0.39 is 11.7 Å². The van der Waals surface area contributed by atoms with Crippen LogP contribution in [0.4, 0.5) is 13.2 Å². The van der Waals surface area contributed by atoms with E-state index in [9.17, 15) is 13.2 Å². The maximum atomic E-state index is 13.8. The Hall–Kier alpha value is -5.68. The lowest BCUT2D eigenvalue weighted by Gasteiger charge is -2.18. The summed E-state index contributed by atoms with van der Waals surface area (Å²) in [5, 5.41) is 7.80. The van der Waals surface area contributed by atoms with E-state index in [2.05, 4.69) is 92.7 Å². The Morgan fingerprint density at radius 2 is 1.40 bits per heavy atom. The van der Waals surface area contributed by atoms with Crippen LogP contribution in [0.2, 0.25) is 0 Å². The highest BCUT2D eigenvalue weighted by Gasteiger charge is 2.33. The van der Waals surface area contributed by atoms with Gasteiger partial charge in [-0.3, -0.25) is 4.98 Å². The Morgan fingerprint density at radius 3 is 2.23 bits per heavy atom. The standard InChI is InChI=1S/C43H27F3N2/c1-23-6-3-7-25(18-23)37-30-14-11-24(2)19-33(30)40-31-15-13-27-21-36-41(32-16-12-26(20-34(37)40)38(31)39(27)32)42-35(10-5-17-47-42)48(36)29-9-4-8-28(22-29)43(44,45)46/h3-22,37H,1-2H3. The van der Waals surface area contributed by atoms with E-state index >= 15 is 0 Å². The maximum absolute atomic E-state index is 13.8. The van der Waals surface area contributed by atoms with E-state index in [0.29, 0.717) is 5.69 Å². The van der Waals surface area contributed by atoms with Gasteiger partial charge in [0.2, 0.25) is 0 Å². The number of aromatic nitrogens is 2. The summed E-state index contributed by atoms with van der Waals surface area (Å²) < 4.78 is 43.4. The number of fused-ring (bicyclic) bond motifs is 8. The molecule has 0 amide bonds. The zero-order valence-corrected chi connectivity index (χ0v) is 26.2. The Kier molecular flexibility index (Phi) is 5.40. The summed E-state index contributed by atoms with van der Waals surface area (Å²) in [6, 6.07) is 38.3. The fraction of sp³-hybridized carbons (Fsp3) is 0.0930. The van der Waals surface area contributed by atoms with Gasteiger partial charge < -0.3 is 4.57 Å². The van der Waals surface area contributed by atoms with E-state index in [4.69, 9.17) is 4.98 Å². The molecule has 230 valence electrons. The predicted octanol–water partition coefficient (Wildman–Crippen LogP) is 11.9. The van der Waals surface area contributed by atoms with Crippen LogP contribution in [0.25, 0.3) is 71.1 Å². The molecule has 2 heterocycles. The monoisotopic (exact) mass is 628 g/mol. The van der Waals surface area contributed by atoms with E-state index in [1.54, 1.807) is 12.3 Å². The molecule has 1 aliphatic carbocycles. The minimum Gasteiger partial charge on any atom is -0.308 e. The number of hydrogen-bond donors (Lipinski definition) is 0. The molecule has 0 radical (unpaired) electrons. The molecule has 7 aromatic carbocycles. The van der Waals surface area contributed by atoms with Gasteiger partial charge in [0.05, 0.1) is 22.1 Å². The maximum Gasteiger partial charge on any atom is 0.416 e. The number of nitrogens with zero attached hydrogens (tertiary/aromatic N) is 2. The molecule has 0 saturated carbocycles. The Labute approximate surface area is 274 Å². The van der Waals surface area contributed by atoms with Crippen molar-refractivity contribution in [1.82, 2.24) is 9.55 Å². The van der Waals surface area contributed by atoms with E-state index in [1.165, 1.54) is 67.2 Å². The van der Waals surface area contributed by atoms with Gasteiger partial charge in [-0.1, -0.05) is 83.9 Å². The second-order valence-electron chi connectivity index (χ2n) is 13.2. The first-order valence-corrected chi connectivity index (χ1v) is 16.1. The fourth-order valence-electron chi connectivity index (χ4n) is 8.43. The minimum absolute atomic E-state index is 0.138. The summed E-state index contributed by atoms with van der Waals surface area (Å²) in [7, 11) is 0. The largest absolute Gasteiger partial charge is 0.416 e. The van der Waals surface area contributed by atoms with Crippen molar-refractivity contribution in [1.29, 1.82) is 0 Å². The van der Waals surface area contributed by atoms with Crippen LogP contribution in [-0.4, -0.2) is 9.55 Å². The normalized spacial score (nSPS) is 14.6. The first-order valence-electron chi connectivity index (χ1n) is 16.1. The summed E-state index contributed by atoms with van der Waals surface area (Å²) >= 11 is 0. The molecule has 1 aliphatic rings. The van der Waals surface area contributed by atoms with Crippen LogP contribution < -0.4 is 0 Å². The zero-order chi connectivity index (χ0) is 32.5. The van der Waals surface area contributed by atoms with Gasteiger partial charge in [0.1, 0.15) is 0 Å². The molecule has 48 heavy (non-hydrogen) atoms. The van der Waals surface area contributed by atoms with E-state index in [0.717, 1.165) is 44.2 Å². The zero-order valence-electron chi connectivity index (χ0n) is 26.2. The molecule has 2 aromatic heterocycles. The van der Waals surface area contributed by atoms with Crippen molar-refractivity contribution in [2.24, 2.45) is 0 Å². The fourth-order valence-corrected chi connectivity index (χ4v) is 8.43. The Morgan fingerprint density at radius 1 is 0.625 bits per heavy atom. The Bertz CT molecular complexity index is 2800. The van der Waals surface area contributed by atoms with Crippen LogP contribution in [0.1, 0.15) is 39.3 Å². The molecule has 0 N–H and O–H groups in total. The van der Waals surface area contributed by atoms with Crippen LogP contribution in [0.5, 0.6) is 0 Å². The number of hydrogen-bond acceptors (Lipinski definition) is 1. The predicted molar refractivity (Wildman–Crippen MR) is 190 cm³/mol. The van der Waals surface area contributed by atoms with Crippen LogP contribution >= 0.6 is 0 Å². The second kappa shape index (κ2) is 9.45. The SMILES string of the molecule is Cc1cccc(C2c3ccc(C)cc3-c3c2cc2ccc4c5c(ccc3c25)cc2c4c3ncccc3n2-c2cccc(C(F)(F)F)c2)c1. The third kappa shape index (κ3) is 3.67. The van der Waals surface area contributed by atoms with Gasteiger partial charge in [-0.05, 0) is 116 Å². The quantitative estimate of drug-likeness (QED) is 0.174. The number of rotatable bonds is 2. The first kappa shape index (κ1) is 27.4. The summed E-state index contributed by atoms with van der Waals surface area (Å²) in [5.74, 6) is 0.138. The van der Waals surface area contributed by atoms with Crippen molar-refractivity contribution in [2.45, 2.75) is 25.9 Å². The first-order chi connectivity index (χ1) is 23.3. The molecule has 9 aromatic rings. The van der Waals surface area contributed by atoms with Gasteiger partial charge in [-0.15, -0.1) is 0 Å². The number of halogens is 3. The summed E-state index contributed by atoms with van der Waals surface area (Å²) in [6.07, 6.45) is -2.69. The van der Waals surface area contributed by atoms with Gasteiger partial charge in [0, 0.05) is 23.2 Å². The summed E-state index contributed by atoms with van der Waals surface area (Å²) in [5.41, 5.74) is 11.1. The molecular formula is C43H27F3N2. The van der Waals surface area contributed by atoms with Crippen LogP contribution in [0.3, 0.4) is 0 Å². The third-order valence-electron chi connectivity index (χ3n) is 10.3. The molecule has 0 aliphatic heterocycles. The Balaban J connectivity index is 1.32. The number of alkyl halides is 3. The third-order valence-corrected chi connectivity index (χ3v) is 10.3. The van der Waals surface area contributed by atoms with Gasteiger partial charge in [-0.2, -0.15) is 13.2 Å². The number of pyridine rings is 1. The average Bonchev–Trinajstić information content (AvgIpc) is 3.58. The highest BCUT2D eigenvalue weighted by molar-refractivity contribution is 6.34. The van der Waals surface area contributed by atoms with Crippen LogP contribution in [0, 0.1) is 13.8 Å². The summed E-state index contributed by atoms with van der Waals surface area (Å²) in [4.78, 5) is 4.81. The lowest BCUT2D eigenvalue weighted by atomic mass is 9.85. The van der Waals surface area contributed by atoms with Crippen molar-refractivity contribution in [2.75, 3.05) is 0 Å². The molecule has 1 atom stereocenters. The topological polar surface area (TPSA) is 17.8 Å². The molecule has 0 fully saturated rings. The van der Waals surface area contributed by atoms with Crippen molar-refractivity contribution in [3.63, 3.8) is 0 Å². The number of aryl methyl sites for hydroxylation is 2. The second-order valence-corrected chi connectivity index (χ2v) is 13.2.